The molecule has 0 saturated heterocycles. The Morgan fingerprint density at radius 1 is 1.26 bits per heavy atom. The zero-order valence-electron chi connectivity index (χ0n) is 9.75. The largest absolute Gasteiger partial charge is 0.573 e. The quantitative estimate of drug-likeness (QED) is 0.853. The van der Waals surface area contributed by atoms with E-state index in [1.165, 1.54) is 6.07 Å². The second kappa shape index (κ2) is 5.78. The molecule has 0 saturated carbocycles. The molecule has 0 amide bonds. The van der Waals surface area contributed by atoms with Crippen molar-refractivity contribution in [2.24, 2.45) is 0 Å². The molecule has 1 aromatic rings. The molecule has 0 atom stereocenters. The highest BCUT2D eigenvalue weighted by Crippen LogP contribution is 2.26. The lowest BCUT2D eigenvalue weighted by molar-refractivity contribution is -0.274. The lowest BCUT2D eigenvalue weighted by Crippen LogP contribution is -2.17. The Morgan fingerprint density at radius 2 is 1.89 bits per heavy atom. The van der Waals surface area contributed by atoms with Crippen LogP contribution >= 0.6 is 0 Å². The molecule has 98 valence electrons. The van der Waals surface area contributed by atoms with Gasteiger partial charge in [-0.25, -0.2) is 0 Å². The minimum absolute atomic E-state index is 0.195. The van der Waals surface area contributed by atoms with Crippen molar-refractivity contribution in [3.8, 4) is 17.9 Å². The summed E-state index contributed by atoms with van der Waals surface area (Å²) < 4.78 is 40.1. The molecule has 0 aromatic heterocycles. The Morgan fingerprint density at radius 3 is 2.42 bits per heavy atom. The van der Waals surface area contributed by atoms with Gasteiger partial charge in [0.15, 0.2) is 0 Å². The van der Waals surface area contributed by atoms with Crippen molar-refractivity contribution in [2.75, 3.05) is 5.32 Å². The standard InChI is InChI=1S/C12H8F3N3O/c1-8-2-10(18-7-9(5-16)6-17)4-11(3-8)19-12(13,14)15/h2-4,7,18H,1H3. The zero-order valence-corrected chi connectivity index (χ0v) is 9.75. The monoisotopic (exact) mass is 267 g/mol. The van der Waals surface area contributed by atoms with Crippen LogP contribution in [0.25, 0.3) is 0 Å². The number of allylic oxidation sites excluding steroid dienone is 1. The highest BCUT2D eigenvalue weighted by Gasteiger charge is 2.31. The normalized spacial score (nSPS) is 10.0. The van der Waals surface area contributed by atoms with Gasteiger partial charge in [-0.3, -0.25) is 0 Å². The summed E-state index contributed by atoms with van der Waals surface area (Å²) in [6.07, 6.45) is -3.67. The molecule has 1 N–H and O–H groups in total. The maximum Gasteiger partial charge on any atom is 0.573 e. The molecular weight excluding hydrogens is 259 g/mol. The van der Waals surface area contributed by atoms with Crippen LogP contribution in [0.3, 0.4) is 0 Å². The van der Waals surface area contributed by atoms with Gasteiger partial charge in [0.1, 0.15) is 23.5 Å². The van der Waals surface area contributed by atoms with E-state index in [1.54, 1.807) is 25.1 Å². The number of alkyl halides is 3. The summed E-state index contributed by atoms with van der Waals surface area (Å²) in [5.41, 5.74) is 0.621. The van der Waals surface area contributed by atoms with E-state index in [0.717, 1.165) is 12.3 Å². The molecule has 0 unspecified atom stereocenters. The van der Waals surface area contributed by atoms with Crippen molar-refractivity contribution in [2.45, 2.75) is 13.3 Å². The molecule has 0 aliphatic heterocycles. The van der Waals surface area contributed by atoms with Crippen LogP contribution in [0.2, 0.25) is 0 Å². The molecule has 4 nitrogen and oxygen atoms in total. The molecule has 19 heavy (non-hydrogen) atoms. The maximum absolute atomic E-state index is 12.1. The van der Waals surface area contributed by atoms with Gasteiger partial charge in [-0.05, 0) is 24.6 Å². The van der Waals surface area contributed by atoms with Crippen molar-refractivity contribution in [3.05, 3.63) is 35.5 Å². The third kappa shape index (κ3) is 5.00. The van der Waals surface area contributed by atoms with Crippen molar-refractivity contribution < 1.29 is 17.9 Å². The number of halogens is 3. The van der Waals surface area contributed by atoms with Crippen molar-refractivity contribution in [1.82, 2.24) is 0 Å². The van der Waals surface area contributed by atoms with Crippen LogP contribution in [0.5, 0.6) is 5.75 Å². The summed E-state index contributed by atoms with van der Waals surface area (Å²) in [6, 6.07) is 7.11. The highest BCUT2D eigenvalue weighted by molar-refractivity contribution is 5.54. The lowest BCUT2D eigenvalue weighted by atomic mass is 10.2. The van der Waals surface area contributed by atoms with E-state index < -0.39 is 6.36 Å². The number of benzene rings is 1. The molecule has 0 aliphatic rings. The fourth-order valence-electron chi connectivity index (χ4n) is 1.27. The minimum Gasteiger partial charge on any atom is -0.406 e. The van der Waals surface area contributed by atoms with E-state index in [-0.39, 0.29) is 17.0 Å². The average Bonchev–Trinajstić information content (AvgIpc) is 2.27. The Bertz CT molecular complexity index is 563. The molecule has 0 radical (unpaired) electrons. The summed E-state index contributed by atoms with van der Waals surface area (Å²) in [5.74, 6) is -0.376. The summed E-state index contributed by atoms with van der Waals surface area (Å²) in [6.45, 7) is 1.59. The number of hydrogen-bond donors (Lipinski definition) is 1. The first-order chi connectivity index (χ1) is 8.84. The van der Waals surface area contributed by atoms with E-state index in [2.05, 4.69) is 10.1 Å². The summed E-state index contributed by atoms with van der Waals surface area (Å²) in [7, 11) is 0. The maximum atomic E-state index is 12.1. The number of aryl methyl sites for hydroxylation is 1. The Balaban J connectivity index is 2.96. The van der Waals surface area contributed by atoms with Gasteiger partial charge in [0.25, 0.3) is 0 Å². The summed E-state index contributed by atoms with van der Waals surface area (Å²) >= 11 is 0. The van der Waals surface area contributed by atoms with Crippen molar-refractivity contribution in [3.63, 3.8) is 0 Å². The molecule has 0 heterocycles. The van der Waals surface area contributed by atoms with Crippen LogP contribution in [0.1, 0.15) is 5.56 Å². The highest BCUT2D eigenvalue weighted by atomic mass is 19.4. The van der Waals surface area contributed by atoms with Crippen LogP contribution in [0.15, 0.2) is 30.0 Å². The molecule has 0 fully saturated rings. The molecule has 1 rings (SSSR count). The van der Waals surface area contributed by atoms with Gasteiger partial charge in [-0.2, -0.15) is 10.5 Å². The number of nitrogens with zero attached hydrogens (tertiary/aromatic N) is 2. The van der Waals surface area contributed by atoms with Gasteiger partial charge >= 0.3 is 6.36 Å². The van der Waals surface area contributed by atoms with Crippen LogP contribution < -0.4 is 10.1 Å². The number of nitrogens with one attached hydrogen (secondary N) is 1. The van der Waals surface area contributed by atoms with Gasteiger partial charge in [-0.1, -0.05) is 0 Å². The van der Waals surface area contributed by atoms with E-state index in [0.29, 0.717) is 5.56 Å². The van der Waals surface area contributed by atoms with E-state index in [4.69, 9.17) is 10.5 Å². The topological polar surface area (TPSA) is 68.8 Å². The summed E-state index contributed by atoms with van der Waals surface area (Å²) in [5, 5.41) is 19.6. The van der Waals surface area contributed by atoms with E-state index in [9.17, 15) is 13.2 Å². The first-order valence-electron chi connectivity index (χ1n) is 4.98. The van der Waals surface area contributed by atoms with Gasteiger partial charge in [0, 0.05) is 18.0 Å². The molecule has 7 heteroatoms. The van der Waals surface area contributed by atoms with Crippen LogP contribution in [-0.2, 0) is 0 Å². The number of hydrogen-bond acceptors (Lipinski definition) is 4. The Labute approximate surface area is 107 Å². The summed E-state index contributed by atoms with van der Waals surface area (Å²) in [4.78, 5) is 0. The molecule has 0 bridgehead atoms. The lowest BCUT2D eigenvalue weighted by Gasteiger charge is -2.11. The molecule has 0 spiro atoms. The molecule has 1 aromatic carbocycles. The van der Waals surface area contributed by atoms with Gasteiger partial charge in [0.05, 0.1) is 0 Å². The number of nitriles is 2. The van der Waals surface area contributed by atoms with Gasteiger partial charge in [-0.15, -0.1) is 13.2 Å². The fraction of sp³-hybridized carbons (Fsp3) is 0.167. The fourth-order valence-corrected chi connectivity index (χ4v) is 1.27. The smallest absolute Gasteiger partial charge is 0.406 e. The van der Waals surface area contributed by atoms with Crippen molar-refractivity contribution in [1.29, 1.82) is 10.5 Å². The second-order valence-electron chi connectivity index (χ2n) is 3.51. The number of rotatable bonds is 3. The number of ether oxygens (including phenoxy) is 1. The minimum atomic E-state index is -4.77. The van der Waals surface area contributed by atoms with E-state index >= 15 is 0 Å². The second-order valence-corrected chi connectivity index (χ2v) is 3.51. The molecular formula is C12H8F3N3O. The Kier molecular flexibility index (Phi) is 4.38. The third-order valence-corrected chi connectivity index (χ3v) is 1.91. The van der Waals surface area contributed by atoms with Crippen molar-refractivity contribution >= 4 is 5.69 Å². The average molecular weight is 267 g/mol. The first-order valence-corrected chi connectivity index (χ1v) is 4.98. The van der Waals surface area contributed by atoms with Gasteiger partial charge in [0.2, 0.25) is 0 Å². The zero-order chi connectivity index (χ0) is 14.5. The first kappa shape index (κ1) is 14.4. The van der Waals surface area contributed by atoms with Crippen LogP contribution in [0.4, 0.5) is 18.9 Å². The number of anilines is 1. The van der Waals surface area contributed by atoms with E-state index in [1.807, 2.05) is 0 Å². The Hall–Kier alpha value is -2.67. The third-order valence-electron chi connectivity index (χ3n) is 1.91. The van der Waals surface area contributed by atoms with Crippen LogP contribution in [-0.4, -0.2) is 6.36 Å². The predicted molar refractivity (Wildman–Crippen MR) is 60.8 cm³/mol. The molecule has 0 aliphatic carbocycles. The SMILES string of the molecule is Cc1cc(NC=C(C#N)C#N)cc(OC(F)(F)F)c1. The predicted octanol–water partition coefficient (Wildman–Crippen LogP) is 3.24. The van der Waals surface area contributed by atoms with Gasteiger partial charge < -0.3 is 10.1 Å². The van der Waals surface area contributed by atoms with Crippen LogP contribution in [0, 0.1) is 29.6 Å².